The Balaban J connectivity index is 1.58. The zero-order valence-electron chi connectivity index (χ0n) is 12.9. The Morgan fingerprint density at radius 2 is 1.92 bits per heavy atom. The van der Waals surface area contributed by atoms with Crippen molar-refractivity contribution in [1.82, 2.24) is 10.2 Å². The Morgan fingerprint density at radius 1 is 1.16 bits per heavy atom. The Hall–Kier alpha value is -2.09. The highest BCUT2D eigenvalue weighted by Crippen LogP contribution is 2.31. The Kier molecular flexibility index (Phi) is 5.57. The molecular formula is C17H13ClN2O3S2. The molecule has 0 atom stereocenters. The molecule has 0 unspecified atom stereocenters. The third kappa shape index (κ3) is 4.31. The molecule has 0 bridgehead atoms. The standard InChI is InChI=1S/C17H13ClN2O3S2/c18-14-7-6-12(24-14)15(21)19-8-9-20-16(22)13(25-17(20)23)10-11-4-2-1-3-5-11/h1-7,10H,8-9H2,(H,19,21)/b13-10-. The number of hydrogen-bond acceptors (Lipinski definition) is 5. The van der Waals surface area contributed by atoms with Gasteiger partial charge in [0.25, 0.3) is 17.1 Å². The lowest BCUT2D eigenvalue weighted by atomic mass is 10.2. The van der Waals surface area contributed by atoms with Gasteiger partial charge >= 0.3 is 0 Å². The zero-order chi connectivity index (χ0) is 17.8. The first-order chi connectivity index (χ1) is 12.0. The predicted octanol–water partition coefficient (Wildman–Crippen LogP) is 3.87. The number of rotatable bonds is 5. The normalized spacial score (nSPS) is 15.9. The number of carbonyl (C=O) groups is 3. The van der Waals surface area contributed by atoms with Crippen LogP contribution in [0.2, 0.25) is 4.34 Å². The summed E-state index contributed by atoms with van der Waals surface area (Å²) in [5.74, 6) is -0.615. The van der Waals surface area contributed by atoms with Gasteiger partial charge in [-0.25, -0.2) is 0 Å². The van der Waals surface area contributed by atoms with Gasteiger partial charge in [0.1, 0.15) is 0 Å². The van der Waals surface area contributed by atoms with Gasteiger partial charge in [-0.2, -0.15) is 0 Å². The molecule has 0 radical (unpaired) electrons. The molecule has 128 valence electrons. The Bertz CT molecular complexity index is 849. The average molecular weight is 393 g/mol. The molecule has 1 saturated heterocycles. The third-order valence-corrected chi connectivity index (χ3v) is 5.53. The number of thioether (sulfide) groups is 1. The summed E-state index contributed by atoms with van der Waals surface area (Å²) in [5, 5.41) is 2.35. The van der Waals surface area contributed by atoms with Crippen LogP contribution in [0.25, 0.3) is 6.08 Å². The SMILES string of the molecule is O=C(NCCN1C(=O)S/C(=C\c2ccccc2)C1=O)c1ccc(Cl)s1. The fourth-order valence-corrected chi connectivity index (χ4v) is 4.02. The highest BCUT2D eigenvalue weighted by Gasteiger charge is 2.34. The number of nitrogens with one attached hydrogen (secondary N) is 1. The van der Waals surface area contributed by atoms with Crippen molar-refractivity contribution in [3.63, 3.8) is 0 Å². The highest BCUT2D eigenvalue weighted by atomic mass is 35.5. The van der Waals surface area contributed by atoms with E-state index in [1.807, 2.05) is 30.3 Å². The summed E-state index contributed by atoms with van der Waals surface area (Å²) in [6.07, 6.45) is 1.69. The van der Waals surface area contributed by atoms with Gasteiger partial charge < -0.3 is 5.32 Å². The van der Waals surface area contributed by atoms with Crippen LogP contribution in [-0.2, 0) is 4.79 Å². The minimum atomic E-state index is -0.340. The molecular weight excluding hydrogens is 380 g/mol. The van der Waals surface area contributed by atoms with E-state index in [0.29, 0.717) is 14.1 Å². The van der Waals surface area contributed by atoms with E-state index in [2.05, 4.69) is 5.32 Å². The quantitative estimate of drug-likeness (QED) is 0.784. The van der Waals surface area contributed by atoms with Crippen LogP contribution in [0.3, 0.4) is 0 Å². The molecule has 1 N–H and O–H groups in total. The van der Waals surface area contributed by atoms with Gasteiger partial charge in [0.2, 0.25) is 0 Å². The van der Waals surface area contributed by atoms with E-state index in [4.69, 9.17) is 11.6 Å². The van der Waals surface area contributed by atoms with Crippen LogP contribution >= 0.6 is 34.7 Å². The average Bonchev–Trinajstić information content (AvgIpc) is 3.14. The molecule has 1 aliphatic heterocycles. The fraction of sp³-hybridized carbons (Fsp3) is 0.118. The minimum absolute atomic E-state index is 0.127. The van der Waals surface area contributed by atoms with Crippen molar-refractivity contribution in [2.45, 2.75) is 0 Å². The van der Waals surface area contributed by atoms with Crippen molar-refractivity contribution in [3.05, 3.63) is 62.1 Å². The Labute approximate surface area is 157 Å². The first kappa shape index (κ1) is 17.7. The monoisotopic (exact) mass is 392 g/mol. The molecule has 1 aromatic carbocycles. The van der Waals surface area contributed by atoms with Crippen molar-refractivity contribution in [2.24, 2.45) is 0 Å². The van der Waals surface area contributed by atoms with Crippen molar-refractivity contribution >= 4 is 57.8 Å². The molecule has 3 rings (SSSR count). The summed E-state index contributed by atoms with van der Waals surface area (Å²) >= 11 is 7.87. The lowest BCUT2D eigenvalue weighted by Gasteiger charge is -2.12. The minimum Gasteiger partial charge on any atom is -0.350 e. The van der Waals surface area contributed by atoms with Crippen molar-refractivity contribution in [1.29, 1.82) is 0 Å². The number of imide groups is 1. The smallest absolute Gasteiger partial charge is 0.293 e. The summed E-state index contributed by atoms with van der Waals surface area (Å²) in [6, 6.07) is 12.6. The molecule has 0 aliphatic carbocycles. The van der Waals surface area contributed by atoms with Gasteiger partial charge in [-0.15, -0.1) is 11.3 Å². The number of benzene rings is 1. The number of amides is 3. The molecule has 0 spiro atoms. The second-order valence-corrected chi connectivity index (χ2v) is 7.81. The first-order valence-corrected chi connectivity index (χ1v) is 9.39. The highest BCUT2D eigenvalue weighted by molar-refractivity contribution is 8.18. The van der Waals surface area contributed by atoms with Gasteiger partial charge in [0.05, 0.1) is 14.1 Å². The number of halogens is 1. The maximum absolute atomic E-state index is 12.4. The predicted molar refractivity (Wildman–Crippen MR) is 101 cm³/mol. The summed E-state index contributed by atoms with van der Waals surface area (Å²) in [4.78, 5) is 38.3. The van der Waals surface area contributed by atoms with Crippen molar-refractivity contribution in [2.75, 3.05) is 13.1 Å². The molecule has 8 heteroatoms. The molecule has 1 fully saturated rings. The lowest BCUT2D eigenvalue weighted by molar-refractivity contribution is -0.122. The van der Waals surface area contributed by atoms with Gasteiger partial charge in [-0.1, -0.05) is 41.9 Å². The van der Waals surface area contributed by atoms with E-state index in [0.717, 1.165) is 22.2 Å². The molecule has 0 saturated carbocycles. The number of thiophene rings is 1. The van der Waals surface area contributed by atoms with Crippen molar-refractivity contribution in [3.8, 4) is 0 Å². The molecule has 3 amide bonds. The largest absolute Gasteiger partial charge is 0.350 e. The van der Waals surface area contributed by atoms with Gasteiger partial charge in [-0.3, -0.25) is 19.3 Å². The molecule has 1 aliphatic rings. The molecule has 1 aromatic heterocycles. The maximum Gasteiger partial charge on any atom is 0.293 e. The van der Waals surface area contributed by atoms with Crippen LogP contribution in [0.15, 0.2) is 47.4 Å². The summed E-state index contributed by atoms with van der Waals surface area (Å²) in [6.45, 7) is 0.312. The fourth-order valence-electron chi connectivity index (χ4n) is 2.20. The van der Waals surface area contributed by atoms with Gasteiger partial charge in [-0.05, 0) is 35.5 Å². The van der Waals surface area contributed by atoms with Gasteiger partial charge in [0.15, 0.2) is 0 Å². The van der Waals surface area contributed by atoms with E-state index in [1.54, 1.807) is 18.2 Å². The molecule has 5 nitrogen and oxygen atoms in total. The van der Waals surface area contributed by atoms with E-state index in [9.17, 15) is 14.4 Å². The third-order valence-electron chi connectivity index (χ3n) is 3.39. The summed E-state index contributed by atoms with van der Waals surface area (Å²) < 4.78 is 0.530. The number of hydrogen-bond donors (Lipinski definition) is 1. The van der Waals surface area contributed by atoms with Crippen LogP contribution in [0, 0.1) is 0 Å². The molecule has 25 heavy (non-hydrogen) atoms. The topological polar surface area (TPSA) is 66.5 Å². The second kappa shape index (κ2) is 7.86. The van der Waals surface area contributed by atoms with Gasteiger partial charge in [0, 0.05) is 13.1 Å². The van der Waals surface area contributed by atoms with Crippen LogP contribution in [-0.4, -0.2) is 35.0 Å². The van der Waals surface area contributed by atoms with Crippen LogP contribution in [0.1, 0.15) is 15.2 Å². The van der Waals surface area contributed by atoms with E-state index < -0.39 is 0 Å². The van der Waals surface area contributed by atoms with E-state index in [1.165, 1.54) is 11.3 Å². The van der Waals surface area contributed by atoms with Crippen LogP contribution < -0.4 is 5.32 Å². The lowest BCUT2D eigenvalue weighted by Crippen LogP contribution is -2.37. The molecule has 2 heterocycles. The zero-order valence-corrected chi connectivity index (χ0v) is 15.3. The number of carbonyl (C=O) groups excluding carboxylic acids is 3. The maximum atomic E-state index is 12.4. The van der Waals surface area contributed by atoms with Crippen LogP contribution in [0.4, 0.5) is 4.79 Å². The molecule has 2 aromatic rings. The Morgan fingerprint density at radius 3 is 2.60 bits per heavy atom. The second-order valence-electron chi connectivity index (χ2n) is 5.10. The van der Waals surface area contributed by atoms with Crippen LogP contribution in [0.5, 0.6) is 0 Å². The van der Waals surface area contributed by atoms with Crippen molar-refractivity contribution < 1.29 is 14.4 Å². The summed E-state index contributed by atoms with van der Waals surface area (Å²) in [7, 11) is 0. The first-order valence-electron chi connectivity index (χ1n) is 7.38. The van der Waals surface area contributed by atoms with E-state index in [-0.39, 0.29) is 30.1 Å². The number of nitrogens with zero attached hydrogens (tertiary/aromatic N) is 1. The summed E-state index contributed by atoms with van der Waals surface area (Å²) in [5.41, 5.74) is 0.857. The van der Waals surface area contributed by atoms with E-state index >= 15 is 0 Å².